The van der Waals surface area contributed by atoms with Crippen LogP contribution in [0.15, 0.2) is 34.1 Å². The standard InChI is InChI=1S/C13H12BrClFNS/c1-17-11(7-12-8(14)5-6-18-12)13-9(15)3-2-4-10(13)16/h2-6,11,17H,7H2,1H3. The number of rotatable bonds is 4. The topological polar surface area (TPSA) is 12.0 Å². The molecule has 1 heterocycles. The van der Waals surface area contributed by atoms with Crippen LogP contribution in [-0.4, -0.2) is 7.05 Å². The van der Waals surface area contributed by atoms with E-state index in [0.29, 0.717) is 17.0 Å². The van der Waals surface area contributed by atoms with Crippen molar-refractivity contribution in [3.63, 3.8) is 0 Å². The Balaban J connectivity index is 2.32. The molecule has 0 saturated carbocycles. The molecule has 0 spiro atoms. The van der Waals surface area contributed by atoms with E-state index < -0.39 is 0 Å². The third kappa shape index (κ3) is 2.94. The summed E-state index contributed by atoms with van der Waals surface area (Å²) in [6.07, 6.45) is 0.704. The Morgan fingerprint density at radius 2 is 2.22 bits per heavy atom. The highest BCUT2D eigenvalue weighted by Gasteiger charge is 2.19. The van der Waals surface area contributed by atoms with Crippen LogP contribution in [0.25, 0.3) is 0 Å². The summed E-state index contributed by atoms with van der Waals surface area (Å²) in [5.74, 6) is -0.269. The molecule has 1 nitrogen and oxygen atoms in total. The molecule has 0 aliphatic heterocycles. The number of halogens is 3. The van der Waals surface area contributed by atoms with Gasteiger partial charge in [0.05, 0.1) is 0 Å². The zero-order chi connectivity index (χ0) is 13.1. The Hall–Kier alpha value is -0.420. The van der Waals surface area contributed by atoms with Gasteiger partial charge in [0.2, 0.25) is 0 Å². The monoisotopic (exact) mass is 347 g/mol. The van der Waals surface area contributed by atoms with Crippen LogP contribution in [0.1, 0.15) is 16.5 Å². The van der Waals surface area contributed by atoms with E-state index in [-0.39, 0.29) is 11.9 Å². The fourth-order valence-corrected chi connectivity index (χ4v) is 3.70. The molecular formula is C13H12BrClFNS. The van der Waals surface area contributed by atoms with Gasteiger partial charge in [0.25, 0.3) is 0 Å². The Bertz CT molecular complexity index is 523. The van der Waals surface area contributed by atoms with Crippen LogP contribution in [0.5, 0.6) is 0 Å². The fourth-order valence-electron chi connectivity index (χ4n) is 1.85. The maximum Gasteiger partial charge on any atom is 0.129 e. The van der Waals surface area contributed by atoms with Crippen LogP contribution < -0.4 is 5.32 Å². The van der Waals surface area contributed by atoms with Crippen molar-refractivity contribution in [3.05, 3.63) is 55.4 Å². The molecule has 5 heteroatoms. The molecule has 1 N–H and O–H groups in total. The van der Waals surface area contributed by atoms with Crippen molar-refractivity contribution in [1.29, 1.82) is 0 Å². The van der Waals surface area contributed by atoms with Crippen molar-refractivity contribution in [2.24, 2.45) is 0 Å². The average Bonchev–Trinajstić information content (AvgIpc) is 2.73. The Kier molecular flexibility index (Phi) is 4.78. The molecule has 0 saturated heterocycles. The van der Waals surface area contributed by atoms with E-state index in [9.17, 15) is 4.39 Å². The van der Waals surface area contributed by atoms with Crippen molar-refractivity contribution in [3.8, 4) is 0 Å². The van der Waals surface area contributed by atoms with E-state index in [1.54, 1.807) is 23.5 Å². The van der Waals surface area contributed by atoms with Gasteiger partial charge in [-0.2, -0.15) is 0 Å². The third-order valence-corrected chi connectivity index (χ3v) is 5.06. The zero-order valence-corrected chi connectivity index (χ0v) is 12.9. The smallest absolute Gasteiger partial charge is 0.129 e. The summed E-state index contributed by atoms with van der Waals surface area (Å²) < 4.78 is 14.9. The molecule has 1 aromatic heterocycles. The van der Waals surface area contributed by atoms with Gasteiger partial charge in [-0.05, 0) is 46.6 Å². The first-order valence-electron chi connectivity index (χ1n) is 5.46. The minimum absolute atomic E-state index is 0.131. The summed E-state index contributed by atoms with van der Waals surface area (Å²) in [5.41, 5.74) is 0.530. The molecule has 1 unspecified atom stereocenters. The van der Waals surface area contributed by atoms with Crippen molar-refractivity contribution >= 4 is 38.9 Å². The summed E-state index contributed by atoms with van der Waals surface area (Å²) in [6, 6.07) is 6.64. The summed E-state index contributed by atoms with van der Waals surface area (Å²) in [6.45, 7) is 0. The van der Waals surface area contributed by atoms with Crippen LogP contribution in [0.2, 0.25) is 5.02 Å². The molecule has 1 aromatic carbocycles. The highest BCUT2D eigenvalue weighted by Crippen LogP contribution is 2.32. The molecule has 2 rings (SSSR count). The number of benzene rings is 1. The van der Waals surface area contributed by atoms with Gasteiger partial charge in [0.15, 0.2) is 0 Å². The lowest BCUT2D eigenvalue weighted by Gasteiger charge is -2.18. The molecule has 0 fully saturated rings. The number of thiophene rings is 1. The van der Waals surface area contributed by atoms with Crippen LogP contribution >= 0.6 is 38.9 Å². The van der Waals surface area contributed by atoms with Gasteiger partial charge in [-0.1, -0.05) is 17.7 Å². The summed E-state index contributed by atoms with van der Waals surface area (Å²) in [5, 5.41) is 5.60. The van der Waals surface area contributed by atoms with E-state index in [1.165, 1.54) is 10.9 Å². The van der Waals surface area contributed by atoms with Crippen LogP contribution in [0, 0.1) is 5.82 Å². The predicted octanol–water partition coefficient (Wildman–Crippen LogP) is 4.81. The van der Waals surface area contributed by atoms with E-state index in [2.05, 4.69) is 21.2 Å². The van der Waals surface area contributed by atoms with Gasteiger partial charge < -0.3 is 5.32 Å². The Morgan fingerprint density at radius 1 is 1.44 bits per heavy atom. The van der Waals surface area contributed by atoms with Crippen molar-refractivity contribution < 1.29 is 4.39 Å². The number of hydrogen-bond donors (Lipinski definition) is 1. The van der Waals surface area contributed by atoms with E-state index in [0.717, 1.165) is 4.47 Å². The van der Waals surface area contributed by atoms with E-state index >= 15 is 0 Å². The molecule has 2 aromatic rings. The second-order valence-corrected chi connectivity index (χ2v) is 6.13. The van der Waals surface area contributed by atoms with Crippen LogP contribution in [-0.2, 0) is 6.42 Å². The SMILES string of the molecule is CNC(Cc1sccc1Br)c1c(F)cccc1Cl. The summed E-state index contributed by atoms with van der Waals surface area (Å²) >= 11 is 11.2. The molecule has 0 radical (unpaired) electrons. The van der Waals surface area contributed by atoms with Gasteiger partial charge in [-0.3, -0.25) is 0 Å². The Labute approximate surface area is 123 Å². The molecule has 96 valence electrons. The van der Waals surface area contributed by atoms with Gasteiger partial charge >= 0.3 is 0 Å². The lowest BCUT2D eigenvalue weighted by atomic mass is 10.0. The molecule has 1 atom stereocenters. The fraction of sp³-hybridized carbons (Fsp3) is 0.231. The maximum atomic E-state index is 13.9. The lowest BCUT2D eigenvalue weighted by Crippen LogP contribution is -2.20. The van der Waals surface area contributed by atoms with Crippen LogP contribution in [0.4, 0.5) is 4.39 Å². The molecule has 0 aliphatic carbocycles. The molecule has 0 amide bonds. The molecule has 18 heavy (non-hydrogen) atoms. The normalized spacial score (nSPS) is 12.7. The van der Waals surface area contributed by atoms with E-state index in [4.69, 9.17) is 11.6 Å². The van der Waals surface area contributed by atoms with Gasteiger partial charge in [0, 0.05) is 32.4 Å². The van der Waals surface area contributed by atoms with E-state index in [1.807, 2.05) is 18.5 Å². The van der Waals surface area contributed by atoms with Crippen molar-refractivity contribution in [2.45, 2.75) is 12.5 Å². The number of hydrogen-bond acceptors (Lipinski definition) is 2. The minimum Gasteiger partial charge on any atom is -0.313 e. The first-order valence-corrected chi connectivity index (χ1v) is 7.51. The zero-order valence-electron chi connectivity index (χ0n) is 9.71. The highest BCUT2D eigenvalue weighted by molar-refractivity contribution is 9.10. The van der Waals surface area contributed by atoms with Gasteiger partial charge in [-0.25, -0.2) is 4.39 Å². The van der Waals surface area contributed by atoms with Crippen molar-refractivity contribution in [2.75, 3.05) is 7.05 Å². The van der Waals surface area contributed by atoms with Gasteiger partial charge in [-0.15, -0.1) is 11.3 Å². The first kappa shape index (κ1) is 14.0. The highest BCUT2D eigenvalue weighted by atomic mass is 79.9. The molecular weight excluding hydrogens is 337 g/mol. The largest absolute Gasteiger partial charge is 0.313 e. The third-order valence-electron chi connectivity index (χ3n) is 2.78. The van der Waals surface area contributed by atoms with Gasteiger partial charge in [0.1, 0.15) is 5.82 Å². The average molecular weight is 349 g/mol. The quantitative estimate of drug-likeness (QED) is 0.836. The molecule has 0 aliphatic rings. The van der Waals surface area contributed by atoms with Crippen molar-refractivity contribution in [1.82, 2.24) is 5.32 Å². The Morgan fingerprint density at radius 3 is 2.78 bits per heavy atom. The summed E-state index contributed by atoms with van der Waals surface area (Å²) in [7, 11) is 1.81. The first-order chi connectivity index (χ1) is 8.63. The summed E-state index contributed by atoms with van der Waals surface area (Å²) in [4.78, 5) is 1.17. The number of nitrogens with one attached hydrogen (secondary N) is 1. The second-order valence-electron chi connectivity index (χ2n) is 3.87. The molecule has 0 bridgehead atoms. The predicted molar refractivity (Wildman–Crippen MR) is 78.9 cm³/mol. The minimum atomic E-state index is -0.269. The lowest BCUT2D eigenvalue weighted by molar-refractivity contribution is 0.536. The number of likely N-dealkylation sites (N-methyl/N-ethyl adjacent to an activating group) is 1. The maximum absolute atomic E-state index is 13.9. The second kappa shape index (κ2) is 6.15. The van der Waals surface area contributed by atoms with Crippen LogP contribution in [0.3, 0.4) is 0 Å².